The monoisotopic (exact) mass is 360 g/mol. The Bertz CT molecular complexity index is 806. The highest BCUT2D eigenvalue weighted by Gasteiger charge is 2.62. The van der Waals surface area contributed by atoms with Gasteiger partial charge in [-0.15, -0.1) is 0 Å². The van der Waals surface area contributed by atoms with Gasteiger partial charge in [0, 0.05) is 17.3 Å². The van der Waals surface area contributed by atoms with Crippen LogP contribution in [0.5, 0.6) is 5.75 Å². The normalized spacial score (nSPS) is 26.8. The standard InChI is InChI=1S/C25H28O2/c1-27-21-15-13-19(14-16-21)9-4-3-7-17-25-18-8-12-22(24(25)26)23(25)20-10-5-2-6-11-20/h2,4-6,9-11,13-16,22-23H,3,7-8,12,17-18H2,1H3/b9-4+/t22-,23+,25+/m0/s1. The first-order valence-electron chi connectivity index (χ1n) is 10.1. The summed E-state index contributed by atoms with van der Waals surface area (Å²) in [6, 6.07) is 18.8. The number of ether oxygens (including phenoxy) is 1. The van der Waals surface area contributed by atoms with E-state index in [-0.39, 0.29) is 11.3 Å². The van der Waals surface area contributed by atoms with Gasteiger partial charge in [0.25, 0.3) is 0 Å². The molecule has 2 aliphatic carbocycles. The zero-order valence-electron chi connectivity index (χ0n) is 16.1. The van der Waals surface area contributed by atoms with Crippen molar-refractivity contribution in [3.63, 3.8) is 0 Å². The Labute approximate surface area is 162 Å². The molecule has 2 nitrogen and oxygen atoms in total. The third kappa shape index (κ3) is 3.34. The second-order valence-electron chi connectivity index (χ2n) is 7.98. The number of allylic oxidation sites excluding steroid dienone is 1. The maximum Gasteiger partial charge on any atom is 0.143 e. The van der Waals surface area contributed by atoms with Gasteiger partial charge in [-0.1, -0.05) is 61.0 Å². The van der Waals surface area contributed by atoms with Crippen LogP contribution in [0.4, 0.5) is 0 Å². The first-order valence-corrected chi connectivity index (χ1v) is 10.1. The number of hydrogen-bond donors (Lipinski definition) is 0. The molecule has 0 spiro atoms. The molecule has 2 aromatic rings. The Morgan fingerprint density at radius 3 is 2.59 bits per heavy atom. The van der Waals surface area contributed by atoms with Crippen molar-refractivity contribution >= 4 is 11.9 Å². The van der Waals surface area contributed by atoms with E-state index in [2.05, 4.69) is 54.6 Å². The number of fused-ring (bicyclic) bond motifs is 2. The van der Waals surface area contributed by atoms with Crippen LogP contribution in [0.3, 0.4) is 0 Å². The molecule has 4 rings (SSSR count). The van der Waals surface area contributed by atoms with Crippen LogP contribution >= 0.6 is 0 Å². The number of carbonyl (C=O) groups excluding carboxylic acids is 1. The van der Waals surface area contributed by atoms with E-state index in [0.29, 0.717) is 11.7 Å². The molecule has 0 aliphatic heterocycles. The number of hydrogen-bond acceptors (Lipinski definition) is 2. The van der Waals surface area contributed by atoms with Crippen molar-refractivity contribution in [1.82, 2.24) is 0 Å². The summed E-state index contributed by atoms with van der Waals surface area (Å²) in [5.41, 5.74) is 2.47. The number of rotatable bonds is 7. The largest absolute Gasteiger partial charge is 0.497 e. The highest BCUT2D eigenvalue weighted by Crippen LogP contribution is 2.64. The van der Waals surface area contributed by atoms with Crippen LogP contribution in [-0.2, 0) is 4.79 Å². The predicted octanol–water partition coefficient (Wildman–Crippen LogP) is 6.03. The van der Waals surface area contributed by atoms with E-state index in [9.17, 15) is 4.79 Å². The summed E-state index contributed by atoms with van der Waals surface area (Å²) in [5, 5.41) is 0. The molecule has 2 aliphatic rings. The molecule has 0 amide bonds. The maximum atomic E-state index is 12.9. The third-order valence-electron chi connectivity index (χ3n) is 6.54. The van der Waals surface area contributed by atoms with E-state index in [1.54, 1.807) is 7.11 Å². The van der Waals surface area contributed by atoms with Crippen LogP contribution < -0.4 is 4.74 Å². The molecule has 0 aromatic heterocycles. The quantitative estimate of drug-likeness (QED) is 0.563. The first kappa shape index (κ1) is 18.0. The van der Waals surface area contributed by atoms with Crippen molar-refractivity contribution in [1.29, 1.82) is 0 Å². The fourth-order valence-electron chi connectivity index (χ4n) is 5.26. The molecule has 0 heterocycles. The summed E-state index contributed by atoms with van der Waals surface area (Å²) in [4.78, 5) is 12.9. The van der Waals surface area contributed by atoms with Crippen LogP contribution in [0, 0.1) is 11.3 Å². The molecule has 2 bridgehead atoms. The Morgan fingerprint density at radius 1 is 1.11 bits per heavy atom. The molecule has 2 fully saturated rings. The lowest BCUT2D eigenvalue weighted by Crippen LogP contribution is -2.58. The molecular weight excluding hydrogens is 332 g/mol. The molecule has 0 N–H and O–H groups in total. The van der Waals surface area contributed by atoms with Crippen LogP contribution in [0.2, 0.25) is 0 Å². The number of carbonyl (C=O) groups is 1. The molecular formula is C25H28O2. The molecule has 2 aromatic carbocycles. The van der Waals surface area contributed by atoms with Crippen LogP contribution in [0.15, 0.2) is 60.7 Å². The molecule has 2 heteroatoms. The van der Waals surface area contributed by atoms with Gasteiger partial charge in [-0.3, -0.25) is 4.79 Å². The van der Waals surface area contributed by atoms with Crippen molar-refractivity contribution in [2.24, 2.45) is 11.3 Å². The Kier molecular flexibility index (Phi) is 5.15. The second kappa shape index (κ2) is 7.72. The van der Waals surface area contributed by atoms with E-state index in [1.165, 1.54) is 17.5 Å². The Morgan fingerprint density at radius 2 is 1.89 bits per heavy atom. The topological polar surface area (TPSA) is 26.3 Å². The van der Waals surface area contributed by atoms with Crippen molar-refractivity contribution in [3.05, 3.63) is 71.8 Å². The molecule has 27 heavy (non-hydrogen) atoms. The summed E-state index contributed by atoms with van der Waals surface area (Å²) in [6.45, 7) is 0. The van der Waals surface area contributed by atoms with Gasteiger partial charge in [0.15, 0.2) is 0 Å². The lowest BCUT2D eigenvalue weighted by atomic mass is 9.43. The fourth-order valence-corrected chi connectivity index (χ4v) is 5.26. The summed E-state index contributed by atoms with van der Waals surface area (Å²) in [7, 11) is 1.69. The van der Waals surface area contributed by atoms with Gasteiger partial charge >= 0.3 is 0 Å². The number of Topliss-reactive ketones (excluding diaryl/α,β-unsaturated/α-hetero) is 1. The predicted molar refractivity (Wildman–Crippen MR) is 110 cm³/mol. The van der Waals surface area contributed by atoms with E-state index < -0.39 is 0 Å². The summed E-state index contributed by atoms with van der Waals surface area (Å²) in [5.74, 6) is 2.15. The van der Waals surface area contributed by atoms with Gasteiger partial charge in [-0.2, -0.15) is 0 Å². The van der Waals surface area contributed by atoms with Crippen molar-refractivity contribution in [2.75, 3.05) is 7.11 Å². The van der Waals surface area contributed by atoms with Gasteiger partial charge in [-0.05, 0) is 55.4 Å². The minimum absolute atomic E-state index is 0.0851. The lowest BCUT2D eigenvalue weighted by Gasteiger charge is -2.58. The van der Waals surface area contributed by atoms with Gasteiger partial charge in [0.1, 0.15) is 11.5 Å². The van der Waals surface area contributed by atoms with Crippen molar-refractivity contribution < 1.29 is 9.53 Å². The van der Waals surface area contributed by atoms with E-state index in [0.717, 1.165) is 37.9 Å². The van der Waals surface area contributed by atoms with E-state index in [1.807, 2.05) is 12.1 Å². The summed E-state index contributed by atoms with van der Waals surface area (Å²) >= 11 is 0. The minimum Gasteiger partial charge on any atom is -0.497 e. The number of methoxy groups -OCH3 is 1. The highest BCUT2D eigenvalue weighted by atomic mass is 16.5. The molecule has 2 saturated carbocycles. The molecule has 0 saturated heterocycles. The zero-order chi connectivity index (χ0) is 18.7. The minimum atomic E-state index is -0.0851. The fraction of sp³-hybridized carbons (Fsp3) is 0.400. The zero-order valence-corrected chi connectivity index (χ0v) is 16.1. The number of benzene rings is 2. The number of ketones is 1. The van der Waals surface area contributed by atoms with Crippen molar-refractivity contribution in [3.8, 4) is 5.75 Å². The smallest absolute Gasteiger partial charge is 0.143 e. The van der Waals surface area contributed by atoms with Crippen LogP contribution in [-0.4, -0.2) is 12.9 Å². The first-order chi connectivity index (χ1) is 13.2. The Hall–Kier alpha value is -2.35. The summed E-state index contributed by atoms with van der Waals surface area (Å²) in [6.07, 6.45) is 10.9. The SMILES string of the molecule is COc1ccc(/C=C/CCC[C@]23CCC[C@H](C2=O)[C@H]3c2ccccc2)cc1. The molecule has 0 radical (unpaired) electrons. The highest BCUT2D eigenvalue weighted by molar-refractivity contribution is 5.96. The van der Waals surface area contributed by atoms with Crippen LogP contribution in [0.25, 0.3) is 6.08 Å². The maximum absolute atomic E-state index is 12.9. The second-order valence-corrected chi connectivity index (χ2v) is 7.98. The lowest BCUT2D eigenvalue weighted by molar-refractivity contribution is -0.158. The molecule has 0 unspecified atom stereocenters. The van der Waals surface area contributed by atoms with Crippen molar-refractivity contribution in [2.45, 2.75) is 44.4 Å². The third-order valence-corrected chi connectivity index (χ3v) is 6.54. The molecule has 3 atom stereocenters. The average molecular weight is 360 g/mol. The number of unbranched alkanes of at least 4 members (excludes halogenated alkanes) is 1. The van der Waals surface area contributed by atoms with E-state index >= 15 is 0 Å². The van der Waals surface area contributed by atoms with Gasteiger partial charge < -0.3 is 4.74 Å². The van der Waals surface area contributed by atoms with E-state index in [4.69, 9.17) is 4.74 Å². The molecule has 140 valence electrons. The summed E-state index contributed by atoms with van der Waals surface area (Å²) < 4.78 is 5.20. The van der Waals surface area contributed by atoms with Gasteiger partial charge in [0.05, 0.1) is 7.11 Å². The Balaban J connectivity index is 1.37. The van der Waals surface area contributed by atoms with Gasteiger partial charge in [0.2, 0.25) is 0 Å². The average Bonchev–Trinajstić information content (AvgIpc) is 2.74. The van der Waals surface area contributed by atoms with Crippen LogP contribution in [0.1, 0.15) is 55.6 Å². The van der Waals surface area contributed by atoms with Gasteiger partial charge in [-0.25, -0.2) is 0 Å².